The molecule has 0 bridgehead atoms. The van der Waals surface area contributed by atoms with Gasteiger partial charge < -0.3 is 24.9 Å². The Labute approximate surface area is 282 Å². The molecule has 0 aromatic heterocycles. The smallest absolute Gasteiger partial charge is 0.322 e. The van der Waals surface area contributed by atoms with Crippen molar-refractivity contribution in [2.45, 2.75) is 81.9 Å². The van der Waals surface area contributed by atoms with Gasteiger partial charge in [0.1, 0.15) is 11.2 Å². The quantitative estimate of drug-likeness (QED) is 0.342. The average Bonchev–Trinajstić information content (AvgIpc) is 3.47. The third kappa shape index (κ3) is 7.37. The molecule has 4 aliphatic heterocycles. The van der Waals surface area contributed by atoms with Crippen molar-refractivity contribution in [2.24, 2.45) is 5.41 Å². The number of nitrogens with one attached hydrogen (secondary N) is 1. The van der Waals surface area contributed by atoms with Crippen molar-refractivity contribution >= 4 is 41.0 Å². The van der Waals surface area contributed by atoms with Crippen LogP contribution >= 0.6 is 11.8 Å². The summed E-state index contributed by atoms with van der Waals surface area (Å²) in [5.41, 5.74) is 2.47. The van der Waals surface area contributed by atoms with Gasteiger partial charge in [0.2, 0.25) is 11.8 Å². The highest BCUT2D eigenvalue weighted by Gasteiger charge is 2.46. The molecule has 258 valence electrons. The summed E-state index contributed by atoms with van der Waals surface area (Å²) in [6.07, 6.45) is 2.39. The zero-order chi connectivity index (χ0) is 33.5. The van der Waals surface area contributed by atoms with Crippen molar-refractivity contribution in [3.8, 4) is 0 Å². The van der Waals surface area contributed by atoms with Gasteiger partial charge in [-0.2, -0.15) is 0 Å². The van der Waals surface area contributed by atoms with Gasteiger partial charge in [0.05, 0.1) is 17.5 Å². The molecule has 2 atom stereocenters. The third-order valence-electron chi connectivity index (χ3n) is 9.77. The van der Waals surface area contributed by atoms with E-state index in [1.807, 2.05) is 29.2 Å². The Bertz CT molecular complexity index is 1520. The molecular formula is C35H48F3N5O3S. The highest BCUT2D eigenvalue weighted by atomic mass is 32.2. The molecule has 4 amide bonds. The monoisotopic (exact) mass is 675 g/mol. The lowest BCUT2D eigenvalue weighted by atomic mass is 9.92. The van der Waals surface area contributed by atoms with Crippen LogP contribution in [-0.2, 0) is 16.0 Å². The number of halogens is 3. The number of alkyl halides is 2. The first-order valence-corrected chi connectivity index (χ1v) is 17.5. The van der Waals surface area contributed by atoms with E-state index in [4.69, 9.17) is 0 Å². The fraction of sp³-hybridized carbons (Fsp3) is 0.571. The Balaban J connectivity index is 0.00000270. The maximum atomic E-state index is 15.4. The zero-order valence-electron chi connectivity index (χ0n) is 27.3. The first-order valence-electron chi connectivity index (χ1n) is 16.6. The van der Waals surface area contributed by atoms with Crippen LogP contribution in [0.3, 0.4) is 0 Å². The highest BCUT2D eigenvalue weighted by Crippen LogP contribution is 2.49. The summed E-state index contributed by atoms with van der Waals surface area (Å²) in [5.74, 6) is -3.81. The number of para-hydroxylation sites is 2. The number of rotatable bonds is 7. The number of hydrogen-bond donors (Lipinski definition) is 1. The molecule has 47 heavy (non-hydrogen) atoms. The molecule has 0 aliphatic carbocycles. The minimum Gasteiger partial charge on any atom is -0.363 e. The molecule has 6 rings (SSSR count). The van der Waals surface area contributed by atoms with Crippen molar-refractivity contribution in [3.05, 3.63) is 59.4 Å². The summed E-state index contributed by atoms with van der Waals surface area (Å²) in [6.45, 7) is 7.68. The van der Waals surface area contributed by atoms with Crippen LogP contribution in [0.2, 0.25) is 0 Å². The summed E-state index contributed by atoms with van der Waals surface area (Å²) in [6, 6.07) is 12.3. The number of thioether (sulfide) groups is 1. The van der Waals surface area contributed by atoms with Crippen LogP contribution in [0.4, 0.5) is 29.3 Å². The lowest BCUT2D eigenvalue weighted by Gasteiger charge is -2.38. The molecule has 0 saturated carbocycles. The van der Waals surface area contributed by atoms with Gasteiger partial charge in [0.25, 0.3) is 5.92 Å². The van der Waals surface area contributed by atoms with Crippen LogP contribution in [0.5, 0.6) is 0 Å². The molecule has 4 aliphatic rings. The second-order valence-electron chi connectivity index (χ2n) is 14.4. The van der Waals surface area contributed by atoms with E-state index in [0.29, 0.717) is 51.0 Å². The van der Waals surface area contributed by atoms with Crippen LogP contribution in [0.15, 0.2) is 42.5 Å². The van der Waals surface area contributed by atoms with E-state index < -0.39 is 28.9 Å². The van der Waals surface area contributed by atoms with Crippen molar-refractivity contribution in [1.29, 1.82) is 0 Å². The number of carbonyl (C=O) groups excluding carboxylic acids is 3. The minimum absolute atomic E-state index is 0. The van der Waals surface area contributed by atoms with Crippen molar-refractivity contribution in [1.82, 2.24) is 14.7 Å². The topological polar surface area (TPSA) is 76.2 Å². The summed E-state index contributed by atoms with van der Waals surface area (Å²) >= 11 is 1.31. The fourth-order valence-corrected chi connectivity index (χ4v) is 8.59. The maximum absolute atomic E-state index is 15.4. The van der Waals surface area contributed by atoms with Gasteiger partial charge in [0, 0.05) is 65.7 Å². The molecule has 8 nitrogen and oxygen atoms in total. The summed E-state index contributed by atoms with van der Waals surface area (Å²) in [5, 5.41) is 1.76. The SMILES string of the molecule is CC(C)(C)CCN1C(=O)[C@H](CC(=O)N2CCC(N3CCc4ccccc4NC3=O)CC2)SC1c1cccc(F)c1N1CCC(F)(F)C1.[HH].[HH]. The zero-order valence-corrected chi connectivity index (χ0v) is 28.1. The van der Waals surface area contributed by atoms with Crippen LogP contribution in [0, 0.1) is 11.2 Å². The van der Waals surface area contributed by atoms with E-state index in [2.05, 4.69) is 26.1 Å². The van der Waals surface area contributed by atoms with Gasteiger partial charge >= 0.3 is 6.03 Å². The molecule has 3 fully saturated rings. The number of anilines is 2. The molecule has 3 saturated heterocycles. The summed E-state index contributed by atoms with van der Waals surface area (Å²) in [7, 11) is 0. The Hall–Kier alpha value is -3.41. The van der Waals surface area contributed by atoms with E-state index in [-0.39, 0.29) is 57.2 Å². The van der Waals surface area contributed by atoms with E-state index in [1.54, 1.807) is 21.9 Å². The lowest BCUT2D eigenvalue weighted by molar-refractivity contribution is -0.137. The number of amides is 4. The normalized spacial score (nSPS) is 23.6. The number of hydrogen-bond acceptors (Lipinski definition) is 5. The molecule has 0 spiro atoms. The molecule has 12 heteroatoms. The Morgan fingerprint density at radius 3 is 2.49 bits per heavy atom. The van der Waals surface area contributed by atoms with Gasteiger partial charge in [-0.3, -0.25) is 9.59 Å². The van der Waals surface area contributed by atoms with Crippen LogP contribution in [-0.4, -0.2) is 89.0 Å². The fourth-order valence-electron chi connectivity index (χ4n) is 7.09. The number of carbonyl (C=O) groups is 3. The second kappa shape index (κ2) is 13.2. The van der Waals surface area contributed by atoms with Gasteiger partial charge in [-0.25, -0.2) is 18.0 Å². The first-order chi connectivity index (χ1) is 22.3. The Morgan fingerprint density at radius 2 is 1.79 bits per heavy atom. The summed E-state index contributed by atoms with van der Waals surface area (Å²) in [4.78, 5) is 47.3. The van der Waals surface area contributed by atoms with Gasteiger partial charge in [-0.05, 0) is 48.8 Å². The molecular weight excluding hydrogens is 627 g/mol. The second-order valence-corrected chi connectivity index (χ2v) is 15.7. The molecule has 2 aromatic rings. The van der Waals surface area contributed by atoms with Gasteiger partial charge in [-0.1, -0.05) is 51.1 Å². The largest absolute Gasteiger partial charge is 0.363 e. The van der Waals surface area contributed by atoms with Crippen molar-refractivity contribution < 1.29 is 30.4 Å². The number of fused-ring (bicyclic) bond motifs is 1. The molecule has 1 unspecified atom stereocenters. The van der Waals surface area contributed by atoms with Gasteiger partial charge in [0.15, 0.2) is 0 Å². The standard InChI is InChI=1S/C35H44F3N5O3S.2H2/c1-34(2,3)14-20-43-31(45)28(47-32(43)25-8-6-9-26(36)30(25)41-19-15-35(37,38)22-41)21-29(44)40-16-12-24(13-17-40)42-18-11-23-7-4-5-10-27(23)39-33(42)46;;/h4-10,24,28,32H,11-22H2,1-3H3,(H,39,46);2*1H/t28-,32?;;/m0../s1. The average molecular weight is 676 g/mol. The van der Waals surface area contributed by atoms with E-state index in [0.717, 1.165) is 17.7 Å². The number of nitrogens with zero attached hydrogens (tertiary/aromatic N) is 4. The Morgan fingerprint density at radius 1 is 1.04 bits per heavy atom. The minimum atomic E-state index is -2.91. The predicted molar refractivity (Wildman–Crippen MR) is 182 cm³/mol. The van der Waals surface area contributed by atoms with Gasteiger partial charge in [-0.15, -0.1) is 11.8 Å². The highest BCUT2D eigenvalue weighted by molar-refractivity contribution is 8.01. The molecule has 2 aromatic carbocycles. The Kier molecular flexibility index (Phi) is 9.43. The molecule has 1 N–H and O–H groups in total. The van der Waals surface area contributed by atoms with Crippen LogP contribution in [0.1, 0.15) is 72.2 Å². The lowest BCUT2D eigenvalue weighted by Crippen LogP contribution is -2.50. The molecule has 4 heterocycles. The number of likely N-dealkylation sites (tertiary alicyclic amines) is 1. The van der Waals surface area contributed by atoms with E-state index in [9.17, 15) is 23.2 Å². The van der Waals surface area contributed by atoms with Crippen LogP contribution in [0.25, 0.3) is 0 Å². The van der Waals surface area contributed by atoms with E-state index in [1.165, 1.54) is 22.7 Å². The van der Waals surface area contributed by atoms with Crippen LogP contribution < -0.4 is 10.2 Å². The maximum Gasteiger partial charge on any atom is 0.322 e. The number of benzene rings is 2. The first kappa shape index (κ1) is 33.5. The van der Waals surface area contributed by atoms with E-state index >= 15 is 4.39 Å². The predicted octanol–water partition coefficient (Wildman–Crippen LogP) is 7.01. The van der Waals surface area contributed by atoms with Crippen molar-refractivity contribution in [3.63, 3.8) is 0 Å². The number of piperidine rings is 1. The third-order valence-corrected chi connectivity index (χ3v) is 11.2. The summed E-state index contributed by atoms with van der Waals surface area (Å²) < 4.78 is 43.8. The number of urea groups is 1. The molecule has 0 radical (unpaired) electrons. The van der Waals surface area contributed by atoms with Crippen molar-refractivity contribution in [2.75, 3.05) is 49.5 Å².